The van der Waals surface area contributed by atoms with E-state index in [1.165, 1.54) is 49.2 Å². The number of amides is 2. The van der Waals surface area contributed by atoms with E-state index in [1.54, 1.807) is 0 Å². The van der Waals surface area contributed by atoms with Crippen LogP contribution in [0, 0.1) is 0 Å². The molecule has 0 aliphatic carbocycles. The van der Waals surface area contributed by atoms with E-state index in [0.717, 1.165) is 32.5 Å². The molecule has 1 aromatic rings. The molecule has 5 heteroatoms. The number of fused-ring (bicyclic) bond motifs is 1. The standard InChI is InChI=1S/C20H30N4O/c1-22-9-4-5-17-13-16(6-7-19(17)22)14-21-20(25)24-12-8-18(15-24)23-10-2-3-11-23/h6-7,13,18H,2-5,8-12,14-15H2,1H3,(H,21,25). The fraction of sp³-hybridized carbons (Fsp3) is 0.650. The molecular weight excluding hydrogens is 312 g/mol. The maximum atomic E-state index is 12.5. The van der Waals surface area contributed by atoms with Gasteiger partial charge in [0.1, 0.15) is 0 Å². The number of nitrogens with zero attached hydrogens (tertiary/aromatic N) is 3. The third-order valence-corrected chi connectivity index (χ3v) is 6.05. The van der Waals surface area contributed by atoms with E-state index < -0.39 is 0 Å². The van der Waals surface area contributed by atoms with Crippen molar-refractivity contribution in [1.82, 2.24) is 15.1 Å². The van der Waals surface area contributed by atoms with Crippen molar-refractivity contribution in [2.75, 3.05) is 44.7 Å². The lowest BCUT2D eigenvalue weighted by molar-refractivity contribution is 0.198. The first-order valence-electron chi connectivity index (χ1n) is 9.80. The van der Waals surface area contributed by atoms with E-state index in [4.69, 9.17) is 0 Å². The van der Waals surface area contributed by atoms with Gasteiger partial charge in [-0.1, -0.05) is 12.1 Å². The summed E-state index contributed by atoms with van der Waals surface area (Å²) >= 11 is 0. The monoisotopic (exact) mass is 342 g/mol. The van der Waals surface area contributed by atoms with E-state index in [0.29, 0.717) is 12.6 Å². The van der Waals surface area contributed by atoms with Gasteiger partial charge in [-0.3, -0.25) is 4.90 Å². The van der Waals surface area contributed by atoms with Gasteiger partial charge < -0.3 is 15.1 Å². The molecule has 1 aromatic carbocycles. The van der Waals surface area contributed by atoms with Crippen LogP contribution in [0.3, 0.4) is 0 Å². The zero-order valence-corrected chi connectivity index (χ0v) is 15.3. The van der Waals surface area contributed by atoms with Crippen LogP contribution in [0.4, 0.5) is 10.5 Å². The number of likely N-dealkylation sites (tertiary alicyclic amines) is 2. The number of nitrogens with one attached hydrogen (secondary N) is 1. The Hall–Kier alpha value is -1.75. The number of carbonyl (C=O) groups is 1. The fourth-order valence-corrected chi connectivity index (χ4v) is 4.57. The van der Waals surface area contributed by atoms with Gasteiger partial charge in [-0.05, 0) is 62.4 Å². The Balaban J connectivity index is 1.30. The number of aryl methyl sites for hydroxylation is 1. The number of hydrogen-bond acceptors (Lipinski definition) is 3. The van der Waals surface area contributed by atoms with Crippen molar-refractivity contribution >= 4 is 11.7 Å². The Kier molecular flexibility index (Phi) is 4.84. The lowest BCUT2D eigenvalue weighted by Gasteiger charge is -2.28. The minimum absolute atomic E-state index is 0.0940. The molecule has 25 heavy (non-hydrogen) atoms. The third kappa shape index (κ3) is 3.61. The first-order chi connectivity index (χ1) is 12.2. The maximum absolute atomic E-state index is 12.5. The summed E-state index contributed by atoms with van der Waals surface area (Å²) in [6.45, 7) is 5.97. The molecule has 2 fully saturated rings. The third-order valence-electron chi connectivity index (χ3n) is 6.05. The normalized spacial score (nSPS) is 23.8. The van der Waals surface area contributed by atoms with Gasteiger partial charge in [0.25, 0.3) is 0 Å². The van der Waals surface area contributed by atoms with Gasteiger partial charge in [-0.25, -0.2) is 4.79 Å². The smallest absolute Gasteiger partial charge is 0.317 e. The Morgan fingerprint density at radius 1 is 1.16 bits per heavy atom. The molecule has 1 N–H and O–H groups in total. The highest BCUT2D eigenvalue weighted by Gasteiger charge is 2.31. The summed E-state index contributed by atoms with van der Waals surface area (Å²) in [4.78, 5) is 19.4. The van der Waals surface area contributed by atoms with E-state index >= 15 is 0 Å². The van der Waals surface area contributed by atoms with Gasteiger partial charge in [0.05, 0.1) is 0 Å². The fourth-order valence-electron chi connectivity index (χ4n) is 4.57. The highest BCUT2D eigenvalue weighted by Crippen LogP contribution is 2.27. The van der Waals surface area contributed by atoms with Crippen molar-refractivity contribution in [3.63, 3.8) is 0 Å². The van der Waals surface area contributed by atoms with Crippen molar-refractivity contribution in [2.45, 2.75) is 44.7 Å². The molecule has 1 unspecified atom stereocenters. The summed E-state index contributed by atoms with van der Waals surface area (Å²) in [5.74, 6) is 0. The van der Waals surface area contributed by atoms with Gasteiger partial charge in [-0.15, -0.1) is 0 Å². The molecule has 0 radical (unpaired) electrons. The van der Waals surface area contributed by atoms with Crippen LogP contribution in [0.15, 0.2) is 18.2 Å². The van der Waals surface area contributed by atoms with Crippen molar-refractivity contribution in [3.8, 4) is 0 Å². The molecule has 3 aliphatic rings. The number of urea groups is 1. The SMILES string of the molecule is CN1CCCc2cc(CNC(=O)N3CCC(N4CCCC4)C3)ccc21. The lowest BCUT2D eigenvalue weighted by atomic mass is 9.99. The van der Waals surface area contributed by atoms with Crippen molar-refractivity contribution in [3.05, 3.63) is 29.3 Å². The second-order valence-electron chi connectivity index (χ2n) is 7.78. The molecule has 0 bridgehead atoms. The molecule has 1 atom stereocenters. The van der Waals surface area contributed by atoms with Crippen LogP contribution < -0.4 is 10.2 Å². The maximum Gasteiger partial charge on any atom is 0.317 e. The Morgan fingerprint density at radius 2 is 2.00 bits per heavy atom. The van der Waals surface area contributed by atoms with Crippen LogP contribution in [-0.2, 0) is 13.0 Å². The molecule has 0 saturated carbocycles. The summed E-state index contributed by atoms with van der Waals surface area (Å²) in [7, 11) is 2.16. The van der Waals surface area contributed by atoms with Gasteiger partial charge in [0.2, 0.25) is 0 Å². The van der Waals surface area contributed by atoms with Gasteiger partial charge in [-0.2, -0.15) is 0 Å². The number of anilines is 1. The second kappa shape index (κ2) is 7.24. The summed E-state index contributed by atoms with van der Waals surface area (Å²) in [6, 6.07) is 7.29. The van der Waals surface area contributed by atoms with Crippen LogP contribution in [0.1, 0.15) is 36.8 Å². The Labute approximate surface area is 151 Å². The minimum Gasteiger partial charge on any atom is -0.374 e. The number of carbonyl (C=O) groups excluding carboxylic acids is 1. The van der Waals surface area contributed by atoms with Crippen LogP contribution in [-0.4, -0.2) is 61.6 Å². The van der Waals surface area contributed by atoms with E-state index in [1.807, 2.05) is 4.90 Å². The topological polar surface area (TPSA) is 38.8 Å². The number of hydrogen-bond donors (Lipinski definition) is 1. The zero-order valence-electron chi connectivity index (χ0n) is 15.3. The van der Waals surface area contributed by atoms with Gasteiger partial charge in [0, 0.05) is 45.0 Å². The summed E-state index contributed by atoms with van der Waals surface area (Å²) in [5, 5.41) is 3.12. The van der Waals surface area contributed by atoms with Crippen LogP contribution >= 0.6 is 0 Å². The molecule has 0 aromatic heterocycles. The molecule has 3 heterocycles. The highest BCUT2D eigenvalue weighted by atomic mass is 16.2. The number of benzene rings is 1. The van der Waals surface area contributed by atoms with Crippen LogP contribution in [0.5, 0.6) is 0 Å². The molecule has 4 rings (SSSR count). The lowest BCUT2D eigenvalue weighted by Crippen LogP contribution is -2.41. The quantitative estimate of drug-likeness (QED) is 0.917. The largest absolute Gasteiger partial charge is 0.374 e. The van der Waals surface area contributed by atoms with E-state index in [-0.39, 0.29) is 6.03 Å². The average molecular weight is 342 g/mol. The molecule has 2 amide bonds. The molecule has 3 aliphatic heterocycles. The average Bonchev–Trinajstić information content (AvgIpc) is 3.31. The second-order valence-corrected chi connectivity index (χ2v) is 7.78. The van der Waals surface area contributed by atoms with E-state index in [2.05, 4.69) is 40.4 Å². The minimum atomic E-state index is 0.0940. The van der Waals surface area contributed by atoms with Gasteiger partial charge >= 0.3 is 6.03 Å². The summed E-state index contributed by atoms with van der Waals surface area (Å²) in [5.41, 5.74) is 3.96. The first kappa shape index (κ1) is 16.7. The van der Waals surface area contributed by atoms with Crippen LogP contribution in [0.2, 0.25) is 0 Å². The predicted octanol–water partition coefficient (Wildman–Crippen LogP) is 2.45. The molecule has 0 spiro atoms. The molecule has 5 nitrogen and oxygen atoms in total. The first-order valence-corrected chi connectivity index (χ1v) is 9.80. The van der Waals surface area contributed by atoms with Crippen molar-refractivity contribution in [1.29, 1.82) is 0 Å². The van der Waals surface area contributed by atoms with E-state index in [9.17, 15) is 4.79 Å². The predicted molar refractivity (Wildman–Crippen MR) is 101 cm³/mol. The Bertz CT molecular complexity index is 626. The Morgan fingerprint density at radius 3 is 2.84 bits per heavy atom. The van der Waals surface area contributed by atoms with Crippen molar-refractivity contribution < 1.29 is 4.79 Å². The molecule has 2 saturated heterocycles. The summed E-state index contributed by atoms with van der Waals surface area (Å²) < 4.78 is 0. The molecular formula is C20H30N4O. The highest BCUT2D eigenvalue weighted by molar-refractivity contribution is 5.74. The van der Waals surface area contributed by atoms with Gasteiger partial charge in [0.15, 0.2) is 0 Å². The van der Waals surface area contributed by atoms with Crippen LogP contribution in [0.25, 0.3) is 0 Å². The zero-order chi connectivity index (χ0) is 17.2. The summed E-state index contributed by atoms with van der Waals surface area (Å²) in [6.07, 6.45) is 6.11. The van der Waals surface area contributed by atoms with Crippen molar-refractivity contribution in [2.24, 2.45) is 0 Å². The molecule has 136 valence electrons. The number of rotatable bonds is 3.